The predicted octanol–water partition coefficient (Wildman–Crippen LogP) is 5.88. The van der Waals surface area contributed by atoms with E-state index in [1.807, 2.05) is 6.07 Å². The van der Waals surface area contributed by atoms with Crippen molar-refractivity contribution in [1.29, 1.82) is 0 Å². The van der Waals surface area contributed by atoms with Crippen molar-refractivity contribution >= 4 is 22.5 Å². The zero-order chi connectivity index (χ0) is 20.6. The fourth-order valence-corrected chi connectivity index (χ4v) is 3.46. The minimum absolute atomic E-state index is 0.104. The van der Waals surface area contributed by atoms with Crippen LogP contribution in [0.1, 0.15) is 22.5 Å². The number of hydrogen-bond donors (Lipinski definition) is 0. The van der Waals surface area contributed by atoms with Crippen LogP contribution in [0.4, 0.5) is 17.6 Å². The van der Waals surface area contributed by atoms with Crippen molar-refractivity contribution in [2.75, 3.05) is 0 Å². The van der Waals surface area contributed by atoms with Gasteiger partial charge in [0.15, 0.2) is 0 Å². The van der Waals surface area contributed by atoms with Gasteiger partial charge >= 0.3 is 6.18 Å². The largest absolute Gasteiger partial charge is 0.418 e. The second kappa shape index (κ2) is 7.48. The number of hydrogen-bond acceptors (Lipinski definition) is 2. The smallest absolute Gasteiger partial charge is 0.263 e. The zero-order valence-corrected chi connectivity index (χ0v) is 15.7. The predicted molar refractivity (Wildman–Crippen MR) is 102 cm³/mol. The summed E-state index contributed by atoms with van der Waals surface area (Å²) in [5.41, 5.74) is 0.880. The average Bonchev–Trinajstić information content (AvgIpc) is 3.01. The monoisotopic (exact) mass is 419 g/mol. The Morgan fingerprint density at radius 2 is 1.83 bits per heavy atom. The Labute approximate surface area is 168 Å². The van der Waals surface area contributed by atoms with Gasteiger partial charge in [0.05, 0.1) is 17.8 Å². The first-order valence-electron chi connectivity index (χ1n) is 8.72. The summed E-state index contributed by atoms with van der Waals surface area (Å²) in [4.78, 5) is 4.27. The van der Waals surface area contributed by atoms with E-state index in [1.54, 1.807) is 24.4 Å². The molecule has 4 rings (SSSR count). The Bertz CT molecular complexity index is 1170. The van der Waals surface area contributed by atoms with Crippen molar-refractivity contribution in [3.05, 3.63) is 94.1 Å². The third-order valence-electron chi connectivity index (χ3n) is 4.59. The maximum absolute atomic E-state index is 13.5. The van der Waals surface area contributed by atoms with Crippen LogP contribution in [0, 0.1) is 5.82 Å². The number of alkyl halides is 3. The lowest BCUT2D eigenvalue weighted by Gasteiger charge is -2.09. The van der Waals surface area contributed by atoms with Gasteiger partial charge < -0.3 is 0 Å². The molecule has 0 bridgehead atoms. The summed E-state index contributed by atoms with van der Waals surface area (Å²) >= 11 is 6.12. The van der Waals surface area contributed by atoms with Gasteiger partial charge in [0.25, 0.3) is 0 Å². The van der Waals surface area contributed by atoms with Crippen LogP contribution in [0.3, 0.4) is 0 Å². The van der Waals surface area contributed by atoms with Crippen LogP contribution in [-0.2, 0) is 19.1 Å². The van der Waals surface area contributed by atoms with Gasteiger partial charge in [0.2, 0.25) is 0 Å². The SMILES string of the molecule is Fc1ccc(Cn2nc3c(C(F)(F)F)cccc3c2Cc2ccccn2)c(Cl)c1. The molecule has 2 aromatic carbocycles. The molecule has 0 aliphatic carbocycles. The summed E-state index contributed by atoms with van der Waals surface area (Å²) in [5, 5.41) is 4.83. The molecule has 4 aromatic rings. The summed E-state index contributed by atoms with van der Waals surface area (Å²) in [6, 6.07) is 13.3. The Kier molecular flexibility index (Phi) is 5.00. The van der Waals surface area contributed by atoms with Crippen molar-refractivity contribution < 1.29 is 17.6 Å². The van der Waals surface area contributed by atoms with Crippen molar-refractivity contribution in [3.8, 4) is 0 Å². The quantitative estimate of drug-likeness (QED) is 0.387. The van der Waals surface area contributed by atoms with E-state index in [-0.39, 0.29) is 23.5 Å². The van der Waals surface area contributed by atoms with E-state index in [4.69, 9.17) is 11.6 Å². The molecule has 0 saturated carbocycles. The van der Waals surface area contributed by atoms with Gasteiger partial charge in [-0.3, -0.25) is 9.67 Å². The number of benzene rings is 2. The third kappa shape index (κ3) is 3.96. The van der Waals surface area contributed by atoms with E-state index in [0.717, 1.165) is 6.07 Å². The molecule has 0 unspecified atom stereocenters. The third-order valence-corrected chi connectivity index (χ3v) is 4.95. The zero-order valence-electron chi connectivity index (χ0n) is 14.9. The normalized spacial score (nSPS) is 11.9. The van der Waals surface area contributed by atoms with Crippen LogP contribution in [0.2, 0.25) is 5.02 Å². The lowest BCUT2D eigenvalue weighted by molar-refractivity contribution is -0.136. The van der Waals surface area contributed by atoms with Gasteiger partial charge in [-0.25, -0.2) is 4.39 Å². The first-order chi connectivity index (χ1) is 13.8. The lowest BCUT2D eigenvalue weighted by atomic mass is 10.1. The highest BCUT2D eigenvalue weighted by molar-refractivity contribution is 6.31. The molecule has 3 nitrogen and oxygen atoms in total. The van der Waals surface area contributed by atoms with Crippen LogP contribution in [0.25, 0.3) is 10.9 Å². The summed E-state index contributed by atoms with van der Waals surface area (Å²) < 4.78 is 55.3. The van der Waals surface area contributed by atoms with Gasteiger partial charge in [0, 0.05) is 28.7 Å². The standard InChI is InChI=1S/C21H14ClF4N3/c22-18-10-14(23)8-7-13(18)12-29-19(11-15-4-1-2-9-27-15)16-5-3-6-17(20(16)28-29)21(24,25)26/h1-10H,11-12H2. The van der Waals surface area contributed by atoms with Crippen LogP contribution >= 0.6 is 11.6 Å². The van der Waals surface area contributed by atoms with Gasteiger partial charge in [0.1, 0.15) is 11.3 Å². The van der Waals surface area contributed by atoms with Gasteiger partial charge in [-0.05, 0) is 35.9 Å². The van der Waals surface area contributed by atoms with Crippen LogP contribution in [0.15, 0.2) is 60.8 Å². The molecule has 0 fully saturated rings. The summed E-state index contributed by atoms with van der Waals surface area (Å²) in [6.07, 6.45) is -2.62. The Hall–Kier alpha value is -2.93. The van der Waals surface area contributed by atoms with E-state index < -0.39 is 17.6 Å². The highest BCUT2D eigenvalue weighted by atomic mass is 35.5. The van der Waals surface area contributed by atoms with Crippen molar-refractivity contribution in [2.45, 2.75) is 19.1 Å². The molecule has 0 N–H and O–H groups in total. The lowest BCUT2D eigenvalue weighted by Crippen LogP contribution is -2.08. The molecule has 0 amide bonds. The van der Waals surface area contributed by atoms with E-state index in [2.05, 4.69) is 10.1 Å². The molecule has 29 heavy (non-hydrogen) atoms. The average molecular weight is 420 g/mol. The molecule has 0 aliphatic rings. The van der Waals surface area contributed by atoms with Crippen molar-refractivity contribution in [3.63, 3.8) is 0 Å². The molecule has 8 heteroatoms. The van der Waals surface area contributed by atoms with Crippen LogP contribution < -0.4 is 0 Å². The van der Waals surface area contributed by atoms with Crippen LogP contribution in [0.5, 0.6) is 0 Å². The first kappa shape index (κ1) is 19.4. The highest BCUT2D eigenvalue weighted by Gasteiger charge is 2.34. The minimum atomic E-state index is -4.53. The van der Waals surface area contributed by atoms with E-state index in [9.17, 15) is 17.6 Å². The fourth-order valence-electron chi connectivity index (χ4n) is 3.24. The van der Waals surface area contributed by atoms with Gasteiger partial charge in [-0.1, -0.05) is 35.9 Å². The molecule has 148 valence electrons. The van der Waals surface area contributed by atoms with Gasteiger partial charge in [-0.15, -0.1) is 0 Å². The van der Waals surface area contributed by atoms with Gasteiger partial charge in [-0.2, -0.15) is 18.3 Å². The molecule has 2 aromatic heterocycles. The van der Waals surface area contributed by atoms with E-state index in [1.165, 1.54) is 28.9 Å². The van der Waals surface area contributed by atoms with Crippen LogP contribution in [-0.4, -0.2) is 14.8 Å². The number of fused-ring (bicyclic) bond motifs is 1. The Morgan fingerprint density at radius 1 is 1.00 bits per heavy atom. The molecular weight excluding hydrogens is 406 g/mol. The van der Waals surface area contributed by atoms with Crippen molar-refractivity contribution in [1.82, 2.24) is 14.8 Å². The highest BCUT2D eigenvalue weighted by Crippen LogP contribution is 2.36. The Balaban J connectivity index is 1.88. The minimum Gasteiger partial charge on any atom is -0.263 e. The Morgan fingerprint density at radius 3 is 2.52 bits per heavy atom. The van der Waals surface area contributed by atoms with E-state index >= 15 is 0 Å². The molecule has 0 aliphatic heterocycles. The van der Waals surface area contributed by atoms with E-state index in [0.29, 0.717) is 22.3 Å². The second-order valence-corrected chi connectivity index (χ2v) is 6.94. The number of nitrogens with zero attached hydrogens (tertiary/aromatic N) is 3. The maximum Gasteiger partial charge on any atom is 0.418 e. The number of aromatic nitrogens is 3. The van der Waals surface area contributed by atoms with Crippen molar-refractivity contribution in [2.24, 2.45) is 0 Å². The first-order valence-corrected chi connectivity index (χ1v) is 9.10. The molecule has 0 radical (unpaired) electrons. The summed E-state index contributed by atoms with van der Waals surface area (Å²) in [7, 11) is 0. The molecule has 0 atom stereocenters. The fraction of sp³-hybridized carbons (Fsp3) is 0.143. The maximum atomic E-state index is 13.5. The summed E-state index contributed by atoms with van der Waals surface area (Å²) in [5.74, 6) is -0.488. The summed E-state index contributed by atoms with van der Waals surface area (Å²) in [6.45, 7) is 0.104. The number of halogens is 5. The molecule has 2 heterocycles. The molecule has 0 spiro atoms. The topological polar surface area (TPSA) is 30.7 Å². The number of rotatable bonds is 4. The molecular formula is C21H14ClF4N3. The second-order valence-electron chi connectivity index (χ2n) is 6.54. The molecule has 0 saturated heterocycles. The number of pyridine rings is 1.